The second-order valence-corrected chi connectivity index (χ2v) is 10.8. The van der Waals surface area contributed by atoms with Gasteiger partial charge >= 0.3 is 0 Å². The van der Waals surface area contributed by atoms with E-state index in [9.17, 15) is 19.8 Å². The molecule has 0 unspecified atom stereocenters. The number of aliphatic hydroxyl groups is 2. The van der Waals surface area contributed by atoms with Crippen LogP contribution in [0.2, 0.25) is 0 Å². The fourth-order valence-electron chi connectivity index (χ4n) is 6.10. The Bertz CT molecular complexity index is 1860. The molecule has 2 aromatic heterocycles. The summed E-state index contributed by atoms with van der Waals surface area (Å²) in [6, 6.07) is 26.0. The Kier molecular flexibility index (Phi) is 6.33. The van der Waals surface area contributed by atoms with Crippen LogP contribution in [-0.4, -0.2) is 22.4 Å². The lowest BCUT2D eigenvalue weighted by Gasteiger charge is -2.43. The lowest BCUT2D eigenvalue weighted by atomic mass is 9.74. The van der Waals surface area contributed by atoms with E-state index in [2.05, 4.69) is 0 Å². The Morgan fingerprint density at radius 2 is 1.29 bits per heavy atom. The average molecular weight is 549 g/mol. The molecule has 0 spiro atoms. The summed E-state index contributed by atoms with van der Waals surface area (Å²) < 4.78 is 18.5. The van der Waals surface area contributed by atoms with E-state index in [-0.39, 0.29) is 33.5 Å². The molecular formula is C34H28O7. The molecular weight excluding hydrogens is 520 g/mol. The SMILES string of the molecule is O=c1cc(CCc2ccccc2)oc2c1[C@H]1c3ccc4c(=O)cc(CCc5ccccc5)oc4c3O[C@H]([C@H]1O)[C@@H]2O. The average Bonchev–Trinajstić information content (AvgIpc) is 2.99. The summed E-state index contributed by atoms with van der Waals surface area (Å²) in [6.07, 6.45) is -1.31. The van der Waals surface area contributed by atoms with Gasteiger partial charge in [-0.2, -0.15) is 0 Å². The highest BCUT2D eigenvalue weighted by Crippen LogP contribution is 2.50. The third-order valence-electron chi connectivity index (χ3n) is 8.16. The minimum absolute atomic E-state index is 0.115. The van der Waals surface area contributed by atoms with Crippen LogP contribution in [0.4, 0.5) is 0 Å². The van der Waals surface area contributed by atoms with Crippen molar-refractivity contribution in [1.82, 2.24) is 0 Å². The molecule has 4 atom stereocenters. The summed E-state index contributed by atoms with van der Waals surface area (Å²) in [5.74, 6) is 0.537. The number of hydrogen-bond acceptors (Lipinski definition) is 7. The number of fused-ring (bicyclic) bond motifs is 8. The summed E-state index contributed by atoms with van der Waals surface area (Å²) in [5, 5.41) is 22.8. The molecule has 0 saturated heterocycles. The van der Waals surface area contributed by atoms with Gasteiger partial charge in [-0.15, -0.1) is 0 Å². The van der Waals surface area contributed by atoms with E-state index >= 15 is 0 Å². The van der Waals surface area contributed by atoms with Crippen molar-refractivity contribution >= 4 is 11.0 Å². The minimum atomic E-state index is -1.38. The molecule has 3 heterocycles. The lowest BCUT2D eigenvalue weighted by molar-refractivity contribution is -0.0822. The van der Waals surface area contributed by atoms with Crippen LogP contribution >= 0.6 is 0 Å². The highest BCUT2D eigenvalue weighted by molar-refractivity contribution is 5.85. The molecule has 206 valence electrons. The third-order valence-corrected chi connectivity index (χ3v) is 8.16. The van der Waals surface area contributed by atoms with Gasteiger partial charge in [-0.25, -0.2) is 0 Å². The molecule has 0 saturated carbocycles. The summed E-state index contributed by atoms with van der Waals surface area (Å²) in [4.78, 5) is 26.5. The Morgan fingerprint density at radius 1 is 0.683 bits per heavy atom. The van der Waals surface area contributed by atoms with Crippen molar-refractivity contribution in [1.29, 1.82) is 0 Å². The number of rotatable bonds is 6. The fraction of sp³-hybridized carbons (Fsp3) is 0.235. The van der Waals surface area contributed by atoms with E-state index in [0.717, 1.165) is 11.1 Å². The zero-order valence-electron chi connectivity index (χ0n) is 22.2. The molecule has 0 amide bonds. The Morgan fingerprint density at radius 3 is 1.95 bits per heavy atom. The van der Waals surface area contributed by atoms with Crippen LogP contribution < -0.4 is 15.6 Å². The van der Waals surface area contributed by atoms with E-state index in [1.807, 2.05) is 60.7 Å². The highest BCUT2D eigenvalue weighted by Gasteiger charge is 2.51. The van der Waals surface area contributed by atoms with Gasteiger partial charge in [-0.3, -0.25) is 9.59 Å². The van der Waals surface area contributed by atoms with Gasteiger partial charge in [-0.1, -0.05) is 66.7 Å². The maximum atomic E-state index is 13.5. The van der Waals surface area contributed by atoms with Crippen LogP contribution in [-0.2, 0) is 25.7 Å². The number of hydrogen-bond donors (Lipinski definition) is 2. The normalized spacial score (nSPS) is 20.7. The van der Waals surface area contributed by atoms with Crippen molar-refractivity contribution in [3.8, 4) is 5.75 Å². The number of aliphatic hydroxyl groups excluding tert-OH is 2. The van der Waals surface area contributed by atoms with Gasteiger partial charge in [0.15, 0.2) is 34.4 Å². The molecule has 1 aliphatic heterocycles. The van der Waals surface area contributed by atoms with Gasteiger partial charge in [0.25, 0.3) is 0 Å². The molecule has 2 aliphatic rings. The summed E-state index contributed by atoms with van der Waals surface area (Å²) >= 11 is 0. The zero-order valence-corrected chi connectivity index (χ0v) is 22.2. The lowest BCUT2D eigenvalue weighted by Crippen LogP contribution is -2.50. The van der Waals surface area contributed by atoms with Gasteiger partial charge in [-0.05, 0) is 30.0 Å². The van der Waals surface area contributed by atoms with Crippen molar-refractivity contribution in [2.24, 2.45) is 0 Å². The van der Waals surface area contributed by atoms with Gasteiger partial charge in [0, 0.05) is 36.5 Å². The van der Waals surface area contributed by atoms with Crippen molar-refractivity contribution in [2.45, 2.75) is 49.9 Å². The summed E-state index contributed by atoms with van der Waals surface area (Å²) in [7, 11) is 0. The maximum absolute atomic E-state index is 13.5. The second-order valence-electron chi connectivity index (χ2n) is 10.8. The predicted octanol–water partition coefficient (Wildman–Crippen LogP) is 4.62. The van der Waals surface area contributed by atoms with E-state index in [4.69, 9.17) is 13.6 Å². The topological polar surface area (TPSA) is 110 Å². The van der Waals surface area contributed by atoms with Crippen molar-refractivity contribution in [2.75, 3.05) is 0 Å². The van der Waals surface area contributed by atoms with E-state index in [0.29, 0.717) is 48.2 Å². The van der Waals surface area contributed by atoms with Gasteiger partial charge in [0.05, 0.1) is 10.9 Å². The molecule has 7 heteroatoms. The van der Waals surface area contributed by atoms with Gasteiger partial charge < -0.3 is 23.8 Å². The number of benzene rings is 3. The number of ether oxygens (including phenoxy) is 1. The predicted molar refractivity (Wildman–Crippen MR) is 152 cm³/mol. The van der Waals surface area contributed by atoms with Crippen molar-refractivity contribution in [3.05, 3.63) is 145 Å². The van der Waals surface area contributed by atoms with Crippen LogP contribution in [0.15, 0.2) is 103 Å². The molecule has 0 fully saturated rings. The largest absolute Gasteiger partial charge is 0.480 e. The Labute approximate surface area is 235 Å². The molecule has 7 nitrogen and oxygen atoms in total. The first-order valence-corrected chi connectivity index (χ1v) is 13.8. The molecule has 2 N–H and O–H groups in total. The monoisotopic (exact) mass is 548 g/mol. The highest BCUT2D eigenvalue weighted by atomic mass is 16.5. The molecule has 1 aliphatic carbocycles. The van der Waals surface area contributed by atoms with Crippen molar-refractivity contribution < 1.29 is 23.8 Å². The summed E-state index contributed by atoms with van der Waals surface area (Å²) in [6.45, 7) is 0. The van der Waals surface area contributed by atoms with Crippen LogP contribution in [0.25, 0.3) is 11.0 Å². The quantitative estimate of drug-likeness (QED) is 0.319. The standard InChI is InChI=1S/C34H28O7/c35-25-17-21(13-11-19-7-3-1-4-8-19)39-31-23(25)15-16-24-27-28-26(36)18-22(14-12-20-9-5-2-6-10-20)40-33(28)30(38)34(29(27)37)41-32(24)31/h1-10,15-18,27,29-30,34,37-38H,11-14H2/t27-,29+,30-,34-/m1/s1. The molecule has 2 bridgehead atoms. The van der Waals surface area contributed by atoms with E-state index in [1.165, 1.54) is 12.1 Å². The van der Waals surface area contributed by atoms with Crippen LogP contribution in [0.5, 0.6) is 5.75 Å². The second kappa shape index (κ2) is 10.2. The molecule has 5 aromatic rings. The van der Waals surface area contributed by atoms with Crippen LogP contribution in [0.3, 0.4) is 0 Å². The molecule has 7 rings (SSSR count). The minimum Gasteiger partial charge on any atom is -0.480 e. The van der Waals surface area contributed by atoms with Gasteiger partial charge in [0.2, 0.25) is 0 Å². The third kappa shape index (κ3) is 4.47. The number of aryl methyl sites for hydroxylation is 4. The van der Waals surface area contributed by atoms with E-state index in [1.54, 1.807) is 12.1 Å². The van der Waals surface area contributed by atoms with E-state index < -0.39 is 24.2 Å². The fourth-order valence-corrected chi connectivity index (χ4v) is 6.10. The molecule has 41 heavy (non-hydrogen) atoms. The smallest absolute Gasteiger partial charge is 0.193 e. The first-order chi connectivity index (χ1) is 20.0. The summed E-state index contributed by atoms with van der Waals surface area (Å²) in [5.41, 5.74) is 2.67. The van der Waals surface area contributed by atoms with Crippen molar-refractivity contribution in [3.63, 3.8) is 0 Å². The Hall–Kier alpha value is -4.46. The van der Waals surface area contributed by atoms with Crippen LogP contribution in [0, 0.1) is 0 Å². The first-order valence-electron chi connectivity index (χ1n) is 13.8. The molecule has 0 radical (unpaired) electrons. The maximum Gasteiger partial charge on any atom is 0.193 e. The van der Waals surface area contributed by atoms with Crippen LogP contribution in [0.1, 0.15) is 51.6 Å². The molecule has 3 aromatic carbocycles. The Balaban J connectivity index is 1.28. The first kappa shape index (κ1) is 25.5. The van der Waals surface area contributed by atoms with Gasteiger partial charge in [0.1, 0.15) is 23.4 Å². The zero-order chi connectivity index (χ0) is 28.1.